The van der Waals surface area contributed by atoms with E-state index in [1.165, 1.54) is 0 Å². The summed E-state index contributed by atoms with van der Waals surface area (Å²) in [5.74, 6) is -0.634. The topological polar surface area (TPSA) is 40.5 Å². The highest BCUT2D eigenvalue weighted by Crippen LogP contribution is 2.36. The summed E-state index contributed by atoms with van der Waals surface area (Å²) in [7, 11) is 0. The van der Waals surface area contributed by atoms with Crippen LogP contribution in [0.2, 0.25) is 0 Å². The maximum atomic E-state index is 11.4. The Bertz CT molecular complexity index is 207. The molecular weight excluding hydrogens is 178 g/mol. The maximum Gasteiger partial charge on any atom is 0.324 e. The minimum absolute atomic E-state index is 0.314. The molecule has 0 unspecified atom stereocenters. The summed E-state index contributed by atoms with van der Waals surface area (Å²) >= 11 is 0. The molecule has 0 saturated heterocycles. The van der Waals surface area contributed by atoms with E-state index in [0.29, 0.717) is 6.04 Å². The molecule has 0 aromatic rings. The van der Waals surface area contributed by atoms with Crippen molar-refractivity contribution in [2.24, 2.45) is 0 Å². The van der Waals surface area contributed by atoms with Gasteiger partial charge in [0.15, 0.2) is 0 Å². The van der Waals surface area contributed by atoms with Crippen molar-refractivity contribution < 1.29 is 9.90 Å². The Morgan fingerprint density at radius 3 is 2.21 bits per heavy atom. The molecule has 3 heteroatoms. The minimum Gasteiger partial charge on any atom is -0.480 e. The lowest BCUT2D eigenvalue weighted by Gasteiger charge is -2.40. The van der Waals surface area contributed by atoms with Gasteiger partial charge in [-0.1, -0.05) is 19.8 Å². The highest BCUT2D eigenvalue weighted by molar-refractivity contribution is 5.79. The SMILES string of the molecule is CCN(C(C)C)C1(C(=O)O)CCCC1. The second-order valence-corrected chi connectivity index (χ2v) is 4.42. The molecule has 1 saturated carbocycles. The Morgan fingerprint density at radius 2 is 1.93 bits per heavy atom. The number of nitrogens with zero attached hydrogens (tertiary/aromatic N) is 1. The molecule has 1 aliphatic carbocycles. The van der Waals surface area contributed by atoms with Crippen LogP contribution >= 0.6 is 0 Å². The van der Waals surface area contributed by atoms with Gasteiger partial charge in [0, 0.05) is 6.04 Å². The van der Waals surface area contributed by atoms with Gasteiger partial charge in [0.25, 0.3) is 0 Å². The fourth-order valence-corrected chi connectivity index (χ4v) is 2.75. The van der Waals surface area contributed by atoms with Crippen LogP contribution in [0.1, 0.15) is 46.5 Å². The second-order valence-electron chi connectivity index (χ2n) is 4.42. The molecule has 0 aliphatic heterocycles. The van der Waals surface area contributed by atoms with E-state index in [1.54, 1.807) is 0 Å². The quantitative estimate of drug-likeness (QED) is 0.754. The van der Waals surface area contributed by atoms with Gasteiger partial charge in [-0.05, 0) is 33.2 Å². The van der Waals surface area contributed by atoms with Crippen molar-refractivity contribution in [1.29, 1.82) is 0 Å². The van der Waals surface area contributed by atoms with Crippen LogP contribution in [-0.4, -0.2) is 34.1 Å². The van der Waals surface area contributed by atoms with Gasteiger partial charge < -0.3 is 5.11 Å². The Morgan fingerprint density at radius 1 is 1.43 bits per heavy atom. The van der Waals surface area contributed by atoms with Crippen LogP contribution in [0.4, 0.5) is 0 Å². The first kappa shape index (κ1) is 11.5. The zero-order chi connectivity index (χ0) is 10.8. The van der Waals surface area contributed by atoms with Crippen LogP contribution in [0.5, 0.6) is 0 Å². The third-order valence-corrected chi connectivity index (χ3v) is 3.34. The predicted octanol–water partition coefficient (Wildman–Crippen LogP) is 2.11. The van der Waals surface area contributed by atoms with E-state index < -0.39 is 11.5 Å². The van der Waals surface area contributed by atoms with Crippen molar-refractivity contribution in [3.05, 3.63) is 0 Å². The van der Waals surface area contributed by atoms with E-state index in [9.17, 15) is 9.90 Å². The molecule has 14 heavy (non-hydrogen) atoms. The Kier molecular flexibility index (Phi) is 3.53. The van der Waals surface area contributed by atoms with Crippen LogP contribution in [0.3, 0.4) is 0 Å². The molecule has 0 amide bonds. The molecule has 1 fully saturated rings. The van der Waals surface area contributed by atoms with E-state index in [2.05, 4.69) is 18.7 Å². The third-order valence-electron chi connectivity index (χ3n) is 3.34. The average Bonchev–Trinajstić information content (AvgIpc) is 2.54. The molecule has 0 spiro atoms. The van der Waals surface area contributed by atoms with Gasteiger partial charge in [-0.2, -0.15) is 0 Å². The maximum absolute atomic E-state index is 11.4. The van der Waals surface area contributed by atoms with E-state index in [1.807, 2.05) is 6.92 Å². The van der Waals surface area contributed by atoms with Crippen LogP contribution < -0.4 is 0 Å². The van der Waals surface area contributed by atoms with Crippen molar-refractivity contribution in [1.82, 2.24) is 4.90 Å². The van der Waals surface area contributed by atoms with Gasteiger partial charge in [-0.3, -0.25) is 9.69 Å². The average molecular weight is 199 g/mol. The van der Waals surface area contributed by atoms with E-state index in [0.717, 1.165) is 32.2 Å². The summed E-state index contributed by atoms with van der Waals surface area (Å²) < 4.78 is 0. The van der Waals surface area contributed by atoms with E-state index in [4.69, 9.17) is 0 Å². The van der Waals surface area contributed by atoms with E-state index in [-0.39, 0.29) is 0 Å². The van der Waals surface area contributed by atoms with Crippen LogP contribution in [0, 0.1) is 0 Å². The molecule has 0 atom stereocenters. The predicted molar refractivity (Wildman–Crippen MR) is 56.4 cm³/mol. The molecule has 0 bridgehead atoms. The fourth-order valence-electron chi connectivity index (χ4n) is 2.75. The number of likely N-dealkylation sites (N-methyl/N-ethyl adjacent to an activating group) is 1. The number of carboxylic acids is 1. The smallest absolute Gasteiger partial charge is 0.324 e. The molecule has 1 aliphatic rings. The van der Waals surface area contributed by atoms with Crippen LogP contribution in [0.25, 0.3) is 0 Å². The summed E-state index contributed by atoms with van der Waals surface area (Å²) in [6, 6.07) is 0.314. The van der Waals surface area contributed by atoms with Crippen LogP contribution in [0.15, 0.2) is 0 Å². The fraction of sp³-hybridized carbons (Fsp3) is 0.909. The summed E-state index contributed by atoms with van der Waals surface area (Å²) in [4.78, 5) is 13.5. The molecule has 1 rings (SSSR count). The third kappa shape index (κ3) is 1.78. The lowest BCUT2D eigenvalue weighted by Crippen LogP contribution is -2.55. The first-order valence-corrected chi connectivity index (χ1v) is 5.54. The number of hydrogen-bond acceptors (Lipinski definition) is 2. The highest BCUT2D eigenvalue weighted by Gasteiger charge is 2.46. The molecule has 0 aromatic carbocycles. The summed E-state index contributed by atoms with van der Waals surface area (Å²) in [5, 5.41) is 9.37. The van der Waals surface area contributed by atoms with Crippen molar-refractivity contribution in [3.8, 4) is 0 Å². The van der Waals surface area contributed by atoms with Crippen molar-refractivity contribution in [2.75, 3.05) is 6.54 Å². The second kappa shape index (κ2) is 4.30. The lowest BCUT2D eigenvalue weighted by molar-refractivity contribution is -0.152. The first-order valence-electron chi connectivity index (χ1n) is 5.54. The lowest BCUT2D eigenvalue weighted by atomic mass is 9.93. The van der Waals surface area contributed by atoms with Crippen molar-refractivity contribution in [3.63, 3.8) is 0 Å². The molecule has 1 N–H and O–H groups in total. The number of rotatable bonds is 4. The number of carbonyl (C=O) groups is 1. The van der Waals surface area contributed by atoms with E-state index >= 15 is 0 Å². The first-order chi connectivity index (χ1) is 6.54. The van der Waals surface area contributed by atoms with Gasteiger partial charge in [0.1, 0.15) is 5.54 Å². The Balaban J connectivity index is 2.90. The van der Waals surface area contributed by atoms with Gasteiger partial charge in [-0.25, -0.2) is 0 Å². The molecule has 3 nitrogen and oxygen atoms in total. The molecule has 82 valence electrons. The van der Waals surface area contributed by atoms with Gasteiger partial charge >= 0.3 is 5.97 Å². The zero-order valence-electron chi connectivity index (χ0n) is 9.42. The number of hydrogen-bond donors (Lipinski definition) is 1. The Hall–Kier alpha value is -0.570. The highest BCUT2D eigenvalue weighted by atomic mass is 16.4. The zero-order valence-corrected chi connectivity index (χ0v) is 9.42. The number of carboxylic acid groups (broad SMARTS) is 1. The van der Waals surface area contributed by atoms with Gasteiger partial charge in [0.2, 0.25) is 0 Å². The molecule has 0 radical (unpaired) electrons. The molecular formula is C11H21NO2. The number of aliphatic carboxylic acids is 1. The largest absolute Gasteiger partial charge is 0.480 e. The van der Waals surface area contributed by atoms with Crippen LogP contribution in [-0.2, 0) is 4.79 Å². The molecule has 0 heterocycles. The summed E-state index contributed by atoms with van der Waals surface area (Å²) in [5.41, 5.74) is -0.567. The summed E-state index contributed by atoms with van der Waals surface area (Å²) in [6.07, 6.45) is 3.73. The molecule has 0 aromatic heterocycles. The summed E-state index contributed by atoms with van der Waals surface area (Å²) in [6.45, 7) is 7.02. The van der Waals surface area contributed by atoms with Crippen molar-refractivity contribution in [2.45, 2.75) is 58.0 Å². The monoisotopic (exact) mass is 199 g/mol. The van der Waals surface area contributed by atoms with Gasteiger partial charge in [0.05, 0.1) is 0 Å². The van der Waals surface area contributed by atoms with Crippen molar-refractivity contribution >= 4 is 5.97 Å². The Labute approximate surface area is 86.1 Å². The minimum atomic E-state index is -0.634. The normalized spacial score (nSPS) is 20.6. The van der Waals surface area contributed by atoms with Gasteiger partial charge in [-0.15, -0.1) is 0 Å². The standard InChI is InChI=1S/C11H21NO2/c1-4-12(9(2)3)11(10(13)14)7-5-6-8-11/h9H,4-8H2,1-3H3,(H,13,14).